The van der Waals surface area contributed by atoms with Crippen LogP contribution in [-0.4, -0.2) is 19.9 Å². The van der Waals surface area contributed by atoms with Crippen LogP contribution >= 0.6 is 0 Å². The van der Waals surface area contributed by atoms with Crippen LogP contribution in [0.5, 0.6) is 0 Å². The maximum Gasteiger partial charge on any atom is 0.163 e. The average Bonchev–Trinajstić information content (AvgIpc) is 3.22. The molecule has 0 atom stereocenters. The van der Waals surface area contributed by atoms with Gasteiger partial charge in [0.25, 0.3) is 0 Å². The number of pyridine rings is 1. The zero-order chi connectivity index (χ0) is 21.5. The Morgan fingerprint density at radius 2 is 1.31 bits per heavy atom. The average molecular weight is 414 g/mol. The van der Waals surface area contributed by atoms with E-state index in [4.69, 9.17) is 9.40 Å². The zero-order valence-corrected chi connectivity index (χ0v) is 17.4. The summed E-state index contributed by atoms with van der Waals surface area (Å²) in [6, 6.07) is 26.3. The van der Waals surface area contributed by atoms with Crippen molar-refractivity contribution in [3.8, 4) is 33.9 Å². The van der Waals surface area contributed by atoms with Crippen molar-refractivity contribution in [2.45, 2.75) is 6.92 Å². The van der Waals surface area contributed by atoms with Gasteiger partial charge >= 0.3 is 0 Å². The van der Waals surface area contributed by atoms with Gasteiger partial charge in [0.15, 0.2) is 11.6 Å². The minimum absolute atomic E-state index is 0.649. The van der Waals surface area contributed by atoms with E-state index >= 15 is 0 Å². The van der Waals surface area contributed by atoms with Gasteiger partial charge in [-0.1, -0.05) is 48.5 Å². The highest BCUT2D eigenvalue weighted by Crippen LogP contribution is 2.32. The molecule has 0 unspecified atom stereocenters. The summed E-state index contributed by atoms with van der Waals surface area (Å²) in [5, 5.41) is 2.14. The zero-order valence-electron chi connectivity index (χ0n) is 17.4. The van der Waals surface area contributed by atoms with E-state index in [0.29, 0.717) is 17.5 Å². The standard InChI is InChI=1S/C27H18N4O/c1-17-29-26(19-10-8-18(9-11-19)21-5-4-14-28-16-21)31-27(30-17)20-12-13-25-23(15-20)22-6-2-3-7-24(22)32-25/h2-16H,1H3. The van der Waals surface area contributed by atoms with Gasteiger partial charge < -0.3 is 4.42 Å². The Balaban J connectivity index is 1.42. The number of aryl methyl sites for hydroxylation is 1. The number of furan rings is 1. The summed E-state index contributed by atoms with van der Waals surface area (Å²) in [5.74, 6) is 1.98. The molecule has 3 aromatic carbocycles. The van der Waals surface area contributed by atoms with Crippen LogP contribution in [0.25, 0.3) is 55.8 Å². The molecule has 0 saturated heterocycles. The summed E-state index contributed by atoms with van der Waals surface area (Å²) in [7, 11) is 0. The first-order valence-corrected chi connectivity index (χ1v) is 10.4. The van der Waals surface area contributed by atoms with Crippen molar-refractivity contribution in [2.75, 3.05) is 0 Å². The molecule has 32 heavy (non-hydrogen) atoms. The number of aromatic nitrogens is 4. The number of nitrogens with zero attached hydrogens (tertiary/aromatic N) is 4. The van der Waals surface area contributed by atoms with Gasteiger partial charge in [0.2, 0.25) is 0 Å². The fourth-order valence-corrected chi connectivity index (χ4v) is 3.95. The van der Waals surface area contributed by atoms with Crippen molar-refractivity contribution < 1.29 is 4.42 Å². The quantitative estimate of drug-likeness (QED) is 0.332. The first-order valence-electron chi connectivity index (χ1n) is 10.4. The number of rotatable bonds is 3. The highest BCUT2D eigenvalue weighted by molar-refractivity contribution is 6.06. The summed E-state index contributed by atoms with van der Waals surface area (Å²) in [4.78, 5) is 18.2. The van der Waals surface area contributed by atoms with E-state index in [1.54, 1.807) is 6.20 Å². The fraction of sp³-hybridized carbons (Fsp3) is 0.0370. The third kappa shape index (κ3) is 3.20. The van der Waals surface area contributed by atoms with Gasteiger partial charge in [0.05, 0.1) is 0 Å². The lowest BCUT2D eigenvalue weighted by Gasteiger charge is -2.07. The van der Waals surface area contributed by atoms with Crippen LogP contribution in [0.4, 0.5) is 0 Å². The molecule has 0 fully saturated rings. The molecule has 0 aliphatic rings. The van der Waals surface area contributed by atoms with Crippen molar-refractivity contribution in [1.82, 2.24) is 19.9 Å². The molecular formula is C27H18N4O. The largest absolute Gasteiger partial charge is 0.456 e. The van der Waals surface area contributed by atoms with Gasteiger partial charge in [-0.25, -0.2) is 15.0 Å². The Kier molecular flexibility index (Phi) is 4.25. The number of fused-ring (bicyclic) bond motifs is 3. The topological polar surface area (TPSA) is 64.7 Å². The van der Waals surface area contributed by atoms with E-state index in [-0.39, 0.29) is 0 Å². The van der Waals surface area contributed by atoms with Crippen LogP contribution in [0.1, 0.15) is 5.82 Å². The van der Waals surface area contributed by atoms with Gasteiger partial charge in [-0.15, -0.1) is 0 Å². The summed E-state index contributed by atoms with van der Waals surface area (Å²) >= 11 is 0. The first-order chi connectivity index (χ1) is 15.7. The molecule has 0 spiro atoms. The lowest BCUT2D eigenvalue weighted by molar-refractivity contribution is 0.669. The minimum Gasteiger partial charge on any atom is -0.456 e. The smallest absolute Gasteiger partial charge is 0.163 e. The number of para-hydroxylation sites is 1. The fourth-order valence-electron chi connectivity index (χ4n) is 3.95. The van der Waals surface area contributed by atoms with Crippen LogP contribution in [-0.2, 0) is 0 Å². The minimum atomic E-state index is 0.649. The van der Waals surface area contributed by atoms with Crippen molar-refractivity contribution in [3.63, 3.8) is 0 Å². The van der Waals surface area contributed by atoms with Gasteiger partial charge in [-0.3, -0.25) is 4.98 Å². The molecule has 6 rings (SSSR count). The van der Waals surface area contributed by atoms with E-state index in [1.165, 1.54) is 0 Å². The van der Waals surface area contributed by atoms with E-state index < -0.39 is 0 Å². The van der Waals surface area contributed by atoms with Crippen molar-refractivity contribution in [2.24, 2.45) is 0 Å². The molecule has 0 amide bonds. The molecule has 0 saturated carbocycles. The predicted molar refractivity (Wildman–Crippen MR) is 126 cm³/mol. The second-order valence-electron chi connectivity index (χ2n) is 7.66. The molecule has 5 heteroatoms. The number of benzene rings is 3. The molecular weight excluding hydrogens is 396 g/mol. The molecule has 0 bridgehead atoms. The molecule has 0 aliphatic carbocycles. The molecule has 152 valence electrons. The van der Waals surface area contributed by atoms with E-state index in [2.05, 4.69) is 39.2 Å². The Morgan fingerprint density at radius 1 is 0.594 bits per heavy atom. The number of hydrogen-bond donors (Lipinski definition) is 0. The van der Waals surface area contributed by atoms with Gasteiger partial charge in [-0.2, -0.15) is 0 Å². The summed E-state index contributed by atoms with van der Waals surface area (Å²) in [6.45, 7) is 1.89. The molecule has 0 radical (unpaired) electrons. The Hall–Kier alpha value is -4.38. The van der Waals surface area contributed by atoms with Crippen molar-refractivity contribution in [3.05, 3.63) is 97.1 Å². The van der Waals surface area contributed by atoms with Crippen LogP contribution < -0.4 is 0 Å². The molecule has 6 aromatic rings. The lowest BCUT2D eigenvalue weighted by Crippen LogP contribution is -1.99. The molecule has 3 aromatic heterocycles. The first kappa shape index (κ1) is 18.4. The van der Waals surface area contributed by atoms with Gasteiger partial charge in [0, 0.05) is 34.3 Å². The SMILES string of the molecule is Cc1nc(-c2ccc(-c3cccnc3)cc2)nc(-c2ccc3oc4ccccc4c3c2)n1. The molecule has 0 N–H and O–H groups in total. The molecule has 5 nitrogen and oxygen atoms in total. The second-order valence-corrected chi connectivity index (χ2v) is 7.66. The third-order valence-electron chi connectivity index (χ3n) is 5.52. The van der Waals surface area contributed by atoms with Crippen LogP contribution in [0.2, 0.25) is 0 Å². The second kappa shape index (κ2) is 7.39. The Bertz CT molecular complexity index is 1570. The molecule has 3 heterocycles. The van der Waals surface area contributed by atoms with Crippen LogP contribution in [0.3, 0.4) is 0 Å². The maximum absolute atomic E-state index is 5.95. The van der Waals surface area contributed by atoms with Crippen LogP contribution in [0.15, 0.2) is 95.7 Å². The third-order valence-corrected chi connectivity index (χ3v) is 5.52. The van der Waals surface area contributed by atoms with Crippen LogP contribution in [0, 0.1) is 6.92 Å². The predicted octanol–water partition coefficient (Wildman–Crippen LogP) is 6.48. The highest BCUT2D eigenvalue weighted by atomic mass is 16.3. The van der Waals surface area contributed by atoms with Crippen molar-refractivity contribution in [1.29, 1.82) is 0 Å². The van der Waals surface area contributed by atoms with E-state index in [0.717, 1.165) is 44.2 Å². The van der Waals surface area contributed by atoms with Gasteiger partial charge in [-0.05, 0) is 48.4 Å². The number of hydrogen-bond acceptors (Lipinski definition) is 5. The van der Waals surface area contributed by atoms with Crippen molar-refractivity contribution >= 4 is 21.9 Å². The monoisotopic (exact) mass is 414 g/mol. The Labute approximate surface area is 184 Å². The van der Waals surface area contributed by atoms with E-state index in [9.17, 15) is 0 Å². The summed E-state index contributed by atoms with van der Waals surface area (Å²) in [6.07, 6.45) is 3.63. The van der Waals surface area contributed by atoms with Gasteiger partial charge in [0.1, 0.15) is 17.0 Å². The normalized spacial score (nSPS) is 11.3. The molecule has 0 aliphatic heterocycles. The summed E-state index contributed by atoms with van der Waals surface area (Å²) in [5.41, 5.74) is 5.78. The van der Waals surface area contributed by atoms with E-state index in [1.807, 2.05) is 67.7 Å². The Morgan fingerprint density at radius 3 is 2.12 bits per heavy atom. The summed E-state index contributed by atoms with van der Waals surface area (Å²) < 4.78 is 5.95. The highest BCUT2D eigenvalue weighted by Gasteiger charge is 2.12. The maximum atomic E-state index is 5.95. The lowest BCUT2D eigenvalue weighted by atomic mass is 10.1.